The van der Waals surface area contributed by atoms with E-state index in [9.17, 15) is 0 Å². The van der Waals surface area contributed by atoms with Crippen LogP contribution in [-0.4, -0.2) is 12.7 Å². The van der Waals surface area contributed by atoms with Gasteiger partial charge in [-0.1, -0.05) is 75.4 Å². The number of ether oxygens (including phenoxy) is 1. The highest BCUT2D eigenvalue weighted by atomic mass is 16.5. The molecule has 2 aromatic rings. The molecule has 1 saturated carbocycles. The highest BCUT2D eigenvalue weighted by Gasteiger charge is 2.22. The Hall–Kier alpha value is -2.11. The molecule has 0 aromatic heterocycles. The first-order chi connectivity index (χ1) is 14.3. The molecule has 3 rings (SSSR count). The molecule has 2 heteroatoms. The number of hydrogen-bond donors (Lipinski definition) is 0. The molecule has 0 radical (unpaired) electrons. The van der Waals surface area contributed by atoms with E-state index < -0.39 is 0 Å². The zero-order valence-corrected chi connectivity index (χ0v) is 17.9. The summed E-state index contributed by atoms with van der Waals surface area (Å²) < 4.78 is 6.15. The number of rotatable bonds is 10. The Morgan fingerprint density at radius 3 is 2.00 bits per heavy atom. The minimum atomic E-state index is 0.472. The van der Waals surface area contributed by atoms with Gasteiger partial charge in [-0.2, -0.15) is 5.26 Å². The first-order valence-electron chi connectivity index (χ1n) is 11.5. The van der Waals surface area contributed by atoms with Gasteiger partial charge in [-0.25, -0.2) is 0 Å². The van der Waals surface area contributed by atoms with Gasteiger partial charge in [0.25, 0.3) is 0 Å². The van der Waals surface area contributed by atoms with Crippen molar-refractivity contribution in [2.45, 2.75) is 83.2 Å². The largest absolute Gasteiger partial charge is 0.378 e. The van der Waals surface area contributed by atoms with Crippen molar-refractivity contribution in [1.82, 2.24) is 0 Å². The van der Waals surface area contributed by atoms with E-state index in [4.69, 9.17) is 10.00 Å². The van der Waals surface area contributed by atoms with Gasteiger partial charge in [-0.05, 0) is 66.8 Å². The summed E-state index contributed by atoms with van der Waals surface area (Å²) in [6, 6.07) is 19.0. The Morgan fingerprint density at radius 1 is 0.793 bits per heavy atom. The van der Waals surface area contributed by atoms with E-state index in [1.807, 2.05) is 24.3 Å². The molecule has 1 fully saturated rings. The van der Waals surface area contributed by atoms with Gasteiger partial charge >= 0.3 is 0 Å². The summed E-state index contributed by atoms with van der Waals surface area (Å²) in [4.78, 5) is 0. The molecule has 0 heterocycles. The van der Waals surface area contributed by atoms with Gasteiger partial charge in [-0.15, -0.1) is 0 Å². The normalized spacial score (nSPS) is 19.0. The Balaban J connectivity index is 1.40. The Kier molecular flexibility index (Phi) is 8.78. The molecule has 2 nitrogen and oxygen atoms in total. The average Bonchev–Trinajstić information content (AvgIpc) is 2.79. The summed E-state index contributed by atoms with van der Waals surface area (Å²) in [5, 5.41) is 8.94. The van der Waals surface area contributed by atoms with Crippen LogP contribution in [0.5, 0.6) is 0 Å². The van der Waals surface area contributed by atoms with Crippen molar-refractivity contribution in [3.63, 3.8) is 0 Å². The number of unbranched alkanes of at least 4 members (excludes halogenated alkanes) is 5. The molecule has 0 aliphatic heterocycles. The van der Waals surface area contributed by atoms with Crippen molar-refractivity contribution < 1.29 is 4.74 Å². The van der Waals surface area contributed by atoms with Crippen LogP contribution in [-0.2, 0) is 4.74 Å². The maximum Gasteiger partial charge on any atom is 0.0991 e. The molecule has 29 heavy (non-hydrogen) atoms. The van der Waals surface area contributed by atoms with E-state index in [2.05, 4.69) is 37.3 Å². The molecule has 0 atom stereocenters. The fraction of sp³-hybridized carbons (Fsp3) is 0.519. The van der Waals surface area contributed by atoms with Gasteiger partial charge < -0.3 is 4.74 Å². The second-order valence-electron chi connectivity index (χ2n) is 8.42. The van der Waals surface area contributed by atoms with Crippen LogP contribution >= 0.6 is 0 Å². The third-order valence-corrected chi connectivity index (χ3v) is 6.26. The first kappa shape index (κ1) is 21.6. The highest BCUT2D eigenvalue weighted by molar-refractivity contribution is 5.64. The molecule has 154 valence electrons. The average molecular weight is 390 g/mol. The molecule has 0 amide bonds. The molecule has 0 bridgehead atoms. The summed E-state index contributed by atoms with van der Waals surface area (Å²) in [5.74, 6) is 0.666. The number of nitriles is 1. The monoisotopic (exact) mass is 389 g/mol. The Bertz CT molecular complexity index is 749. The second kappa shape index (κ2) is 11.8. The van der Waals surface area contributed by atoms with Crippen molar-refractivity contribution >= 4 is 0 Å². The van der Waals surface area contributed by atoms with Gasteiger partial charge in [0.15, 0.2) is 0 Å². The Morgan fingerprint density at radius 2 is 1.38 bits per heavy atom. The third-order valence-electron chi connectivity index (χ3n) is 6.26. The molecule has 2 aromatic carbocycles. The van der Waals surface area contributed by atoms with Gasteiger partial charge in [0.2, 0.25) is 0 Å². The fourth-order valence-corrected chi connectivity index (χ4v) is 4.38. The van der Waals surface area contributed by atoms with Gasteiger partial charge in [0.05, 0.1) is 17.7 Å². The van der Waals surface area contributed by atoms with Crippen molar-refractivity contribution in [2.75, 3.05) is 6.61 Å². The maximum absolute atomic E-state index is 8.94. The lowest BCUT2D eigenvalue weighted by Gasteiger charge is -2.29. The van der Waals surface area contributed by atoms with Crippen LogP contribution in [0.1, 0.15) is 88.2 Å². The SMILES string of the molecule is CCCCCCCCO[C@H]1CC[C@H](c2ccc(-c3ccc(C#N)cc3)cc2)CC1. The maximum atomic E-state index is 8.94. The van der Waals surface area contributed by atoms with Crippen LogP contribution in [0.3, 0.4) is 0 Å². The first-order valence-corrected chi connectivity index (χ1v) is 11.5. The minimum Gasteiger partial charge on any atom is -0.378 e. The van der Waals surface area contributed by atoms with Crippen LogP contribution in [0.25, 0.3) is 11.1 Å². The van der Waals surface area contributed by atoms with Crippen LogP contribution in [0.4, 0.5) is 0 Å². The van der Waals surface area contributed by atoms with Crippen LogP contribution in [0, 0.1) is 11.3 Å². The van der Waals surface area contributed by atoms with Crippen molar-refractivity contribution in [3.8, 4) is 17.2 Å². The third kappa shape index (κ3) is 6.72. The van der Waals surface area contributed by atoms with E-state index in [0.29, 0.717) is 17.6 Å². The standard InChI is InChI=1S/C27H35NO/c1-2-3-4-5-6-7-20-29-27-18-16-26(17-19-27)25-14-12-24(13-15-25)23-10-8-22(21-28)9-11-23/h8-15,26-27H,2-7,16-20H2,1H3/t26-,27-. The van der Waals surface area contributed by atoms with E-state index in [1.54, 1.807) is 0 Å². The van der Waals surface area contributed by atoms with Crippen LogP contribution < -0.4 is 0 Å². The number of hydrogen-bond acceptors (Lipinski definition) is 2. The number of benzene rings is 2. The van der Waals surface area contributed by atoms with Crippen molar-refractivity contribution in [2.24, 2.45) is 0 Å². The van der Waals surface area contributed by atoms with E-state index in [0.717, 1.165) is 6.61 Å². The topological polar surface area (TPSA) is 33.0 Å². The predicted molar refractivity (Wildman–Crippen MR) is 121 cm³/mol. The Labute approximate surface area is 176 Å². The zero-order valence-electron chi connectivity index (χ0n) is 17.9. The van der Waals surface area contributed by atoms with E-state index in [1.165, 1.54) is 80.9 Å². The predicted octanol–water partition coefficient (Wildman–Crippen LogP) is 7.63. The molecule has 0 spiro atoms. The minimum absolute atomic E-state index is 0.472. The van der Waals surface area contributed by atoms with Gasteiger partial charge in [0.1, 0.15) is 0 Å². The van der Waals surface area contributed by atoms with Gasteiger partial charge in [0, 0.05) is 6.61 Å². The summed E-state index contributed by atoms with van der Waals surface area (Å²) in [6.07, 6.45) is 13.3. The van der Waals surface area contributed by atoms with Crippen molar-refractivity contribution in [3.05, 3.63) is 59.7 Å². The molecule has 1 aliphatic rings. The lowest BCUT2D eigenvalue weighted by atomic mass is 9.82. The second-order valence-corrected chi connectivity index (χ2v) is 8.42. The zero-order chi connectivity index (χ0) is 20.3. The molecule has 0 unspecified atom stereocenters. The molecular weight excluding hydrogens is 354 g/mol. The van der Waals surface area contributed by atoms with E-state index >= 15 is 0 Å². The van der Waals surface area contributed by atoms with Gasteiger partial charge in [-0.3, -0.25) is 0 Å². The lowest BCUT2D eigenvalue weighted by Crippen LogP contribution is -2.21. The summed E-state index contributed by atoms with van der Waals surface area (Å²) in [7, 11) is 0. The number of nitrogens with zero attached hydrogens (tertiary/aromatic N) is 1. The highest BCUT2D eigenvalue weighted by Crippen LogP contribution is 2.35. The van der Waals surface area contributed by atoms with Crippen LogP contribution in [0.15, 0.2) is 48.5 Å². The molecule has 0 saturated heterocycles. The molecule has 0 N–H and O–H groups in total. The van der Waals surface area contributed by atoms with Crippen LogP contribution in [0.2, 0.25) is 0 Å². The lowest BCUT2D eigenvalue weighted by molar-refractivity contribution is 0.0226. The van der Waals surface area contributed by atoms with Crippen molar-refractivity contribution in [1.29, 1.82) is 5.26 Å². The quantitative estimate of drug-likeness (QED) is 0.391. The summed E-state index contributed by atoms with van der Waals surface area (Å²) in [5.41, 5.74) is 4.55. The fourth-order valence-electron chi connectivity index (χ4n) is 4.38. The smallest absolute Gasteiger partial charge is 0.0991 e. The summed E-state index contributed by atoms with van der Waals surface area (Å²) >= 11 is 0. The molecular formula is C27H35NO. The molecule has 1 aliphatic carbocycles. The van der Waals surface area contributed by atoms with E-state index in [-0.39, 0.29) is 0 Å². The summed E-state index contributed by atoms with van der Waals surface area (Å²) in [6.45, 7) is 3.21.